The summed E-state index contributed by atoms with van der Waals surface area (Å²) < 4.78 is 5.24. The summed E-state index contributed by atoms with van der Waals surface area (Å²) in [5.41, 5.74) is 10.2. The lowest BCUT2D eigenvalue weighted by molar-refractivity contribution is 0.102. The second-order valence-electron chi connectivity index (χ2n) is 5.25. The fraction of sp³-hybridized carbons (Fsp3) is 0.235. The van der Waals surface area contributed by atoms with Crippen LogP contribution in [0.2, 0.25) is 0 Å². The van der Waals surface area contributed by atoms with Gasteiger partial charge in [0.2, 0.25) is 0 Å². The molecule has 0 atom stereocenters. The highest BCUT2D eigenvalue weighted by molar-refractivity contribution is 6.05. The molecule has 1 amide bonds. The molecule has 108 valence electrons. The van der Waals surface area contributed by atoms with Crippen molar-refractivity contribution in [2.24, 2.45) is 0 Å². The maximum Gasteiger partial charge on any atom is 0.255 e. The number of hydrogen-bond acceptors (Lipinski definition) is 3. The summed E-state index contributed by atoms with van der Waals surface area (Å²) in [5.74, 6) is 0.451. The molecule has 3 N–H and O–H groups in total. The molecule has 0 bridgehead atoms. The third-order valence-electron chi connectivity index (χ3n) is 3.83. The number of amides is 1. The summed E-state index contributed by atoms with van der Waals surface area (Å²) >= 11 is 0. The first-order valence-corrected chi connectivity index (χ1v) is 7.04. The minimum absolute atomic E-state index is 0.145. The predicted octanol–water partition coefficient (Wildman–Crippen LogP) is 3.02. The maximum atomic E-state index is 12.4. The van der Waals surface area contributed by atoms with Crippen LogP contribution in [0.4, 0.5) is 11.4 Å². The largest absolute Gasteiger partial charge is 0.495 e. The third kappa shape index (κ3) is 2.70. The van der Waals surface area contributed by atoms with Gasteiger partial charge in [-0.05, 0) is 60.7 Å². The van der Waals surface area contributed by atoms with E-state index in [9.17, 15) is 4.79 Å². The zero-order valence-electron chi connectivity index (χ0n) is 12.0. The number of nitrogen functional groups attached to an aromatic ring is 1. The molecular formula is C17H18N2O2. The van der Waals surface area contributed by atoms with Gasteiger partial charge < -0.3 is 15.8 Å². The van der Waals surface area contributed by atoms with Gasteiger partial charge in [-0.25, -0.2) is 0 Å². The summed E-state index contributed by atoms with van der Waals surface area (Å²) in [6, 6.07) is 11.1. The number of aryl methyl sites for hydroxylation is 2. The summed E-state index contributed by atoms with van der Waals surface area (Å²) in [5, 5.41) is 2.87. The first kappa shape index (κ1) is 13.5. The zero-order chi connectivity index (χ0) is 14.8. The Morgan fingerprint density at radius 2 is 1.95 bits per heavy atom. The standard InChI is InChI=1S/C17H18N2O2/c1-21-16-8-7-14(18)10-15(16)19-17(20)13-6-5-11-3-2-4-12(11)9-13/h5-10H,2-4,18H2,1H3,(H,19,20). The topological polar surface area (TPSA) is 64.3 Å². The van der Waals surface area contributed by atoms with Gasteiger partial charge in [0, 0.05) is 11.3 Å². The van der Waals surface area contributed by atoms with E-state index < -0.39 is 0 Å². The molecule has 4 nitrogen and oxygen atoms in total. The number of benzene rings is 2. The van der Waals surface area contributed by atoms with Crippen molar-refractivity contribution >= 4 is 17.3 Å². The van der Waals surface area contributed by atoms with Gasteiger partial charge in [-0.1, -0.05) is 6.07 Å². The van der Waals surface area contributed by atoms with E-state index in [0.29, 0.717) is 22.7 Å². The number of carbonyl (C=O) groups excluding carboxylic acids is 1. The Hall–Kier alpha value is -2.49. The SMILES string of the molecule is COc1ccc(N)cc1NC(=O)c1ccc2c(c1)CCC2. The van der Waals surface area contributed by atoms with Crippen LogP contribution >= 0.6 is 0 Å². The maximum absolute atomic E-state index is 12.4. The zero-order valence-corrected chi connectivity index (χ0v) is 12.0. The first-order chi connectivity index (χ1) is 10.2. The lowest BCUT2D eigenvalue weighted by atomic mass is 10.1. The Morgan fingerprint density at radius 3 is 2.76 bits per heavy atom. The number of hydrogen-bond donors (Lipinski definition) is 2. The van der Waals surface area contributed by atoms with Crippen LogP contribution in [0.3, 0.4) is 0 Å². The molecule has 0 aromatic heterocycles. The Morgan fingerprint density at radius 1 is 1.14 bits per heavy atom. The molecule has 3 rings (SSSR count). The van der Waals surface area contributed by atoms with E-state index in [4.69, 9.17) is 10.5 Å². The van der Waals surface area contributed by atoms with Gasteiger partial charge in [-0.3, -0.25) is 4.79 Å². The molecule has 0 aliphatic heterocycles. The molecule has 0 unspecified atom stereocenters. The van der Waals surface area contributed by atoms with E-state index in [2.05, 4.69) is 5.32 Å². The molecule has 2 aromatic rings. The molecule has 0 radical (unpaired) electrons. The number of anilines is 2. The van der Waals surface area contributed by atoms with Gasteiger partial charge in [0.05, 0.1) is 12.8 Å². The number of nitrogens with one attached hydrogen (secondary N) is 1. The fourth-order valence-corrected chi connectivity index (χ4v) is 2.73. The highest BCUT2D eigenvalue weighted by Crippen LogP contribution is 2.28. The van der Waals surface area contributed by atoms with Crippen molar-refractivity contribution < 1.29 is 9.53 Å². The van der Waals surface area contributed by atoms with Crippen molar-refractivity contribution in [1.29, 1.82) is 0 Å². The fourth-order valence-electron chi connectivity index (χ4n) is 2.73. The normalized spacial score (nSPS) is 12.8. The second-order valence-corrected chi connectivity index (χ2v) is 5.25. The van der Waals surface area contributed by atoms with Crippen molar-refractivity contribution in [2.75, 3.05) is 18.2 Å². The predicted molar refractivity (Wildman–Crippen MR) is 83.8 cm³/mol. The van der Waals surface area contributed by atoms with Crippen LogP contribution in [-0.4, -0.2) is 13.0 Å². The van der Waals surface area contributed by atoms with E-state index in [1.807, 2.05) is 18.2 Å². The van der Waals surface area contributed by atoms with Crippen LogP contribution in [0, 0.1) is 0 Å². The van der Waals surface area contributed by atoms with Crippen molar-refractivity contribution in [3.8, 4) is 5.75 Å². The average molecular weight is 282 g/mol. The van der Waals surface area contributed by atoms with E-state index in [1.54, 1.807) is 25.3 Å². The smallest absolute Gasteiger partial charge is 0.255 e. The van der Waals surface area contributed by atoms with Gasteiger partial charge >= 0.3 is 0 Å². The molecule has 0 fully saturated rings. The summed E-state index contributed by atoms with van der Waals surface area (Å²) in [7, 11) is 1.57. The summed E-state index contributed by atoms with van der Waals surface area (Å²) in [6.45, 7) is 0. The molecule has 2 aromatic carbocycles. The summed E-state index contributed by atoms with van der Waals surface area (Å²) in [4.78, 5) is 12.4. The van der Waals surface area contributed by atoms with Crippen LogP contribution in [-0.2, 0) is 12.8 Å². The molecule has 1 aliphatic carbocycles. The van der Waals surface area contributed by atoms with Crippen LogP contribution in [0.1, 0.15) is 27.9 Å². The van der Waals surface area contributed by atoms with Gasteiger partial charge in [-0.2, -0.15) is 0 Å². The number of carbonyl (C=O) groups is 1. The van der Waals surface area contributed by atoms with Crippen LogP contribution < -0.4 is 15.8 Å². The Balaban J connectivity index is 1.85. The van der Waals surface area contributed by atoms with Crippen molar-refractivity contribution in [3.05, 3.63) is 53.1 Å². The Labute approximate surface area is 123 Å². The molecule has 21 heavy (non-hydrogen) atoms. The number of methoxy groups -OCH3 is 1. The molecular weight excluding hydrogens is 264 g/mol. The molecule has 4 heteroatoms. The molecule has 0 spiro atoms. The number of fused-ring (bicyclic) bond motifs is 1. The van der Waals surface area contributed by atoms with Crippen LogP contribution in [0.15, 0.2) is 36.4 Å². The van der Waals surface area contributed by atoms with Crippen molar-refractivity contribution in [2.45, 2.75) is 19.3 Å². The van der Waals surface area contributed by atoms with E-state index in [1.165, 1.54) is 17.5 Å². The van der Waals surface area contributed by atoms with Crippen LogP contribution in [0.5, 0.6) is 5.75 Å². The highest BCUT2D eigenvalue weighted by atomic mass is 16.5. The first-order valence-electron chi connectivity index (χ1n) is 7.04. The van der Waals surface area contributed by atoms with Gasteiger partial charge in [0.15, 0.2) is 0 Å². The quantitative estimate of drug-likeness (QED) is 0.850. The number of nitrogens with two attached hydrogens (primary N) is 1. The minimum atomic E-state index is -0.145. The third-order valence-corrected chi connectivity index (χ3v) is 3.83. The van der Waals surface area contributed by atoms with Crippen molar-refractivity contribution in [3.63, 3.8) is 0 Å². The molecule has 1 aliphatic rings. The average Bonchev–Trinajstić information content (AvgIpc) is 2.94. The number of ether oxygens (including phenoxy) is 1. The van der Waals surface area contributed by atoms with E-state index >= 15 is 0 Å². The lowest BCUT2D eigenvalue weighted by Gasteiger charge is -2.11. The van der Waals surface area contributed by atoms with Gasteiger partial charge in [-0.15, -0.1) is 0 Å². The monoisotopic (exact) mass is 282 g/mol. The highest BCUT2D eigenvalue weighted by Gasteiger charge is 2.15. The lowest BCUT2D eigenvalue weighted by Crippen LogP contribution is -2.13. The van der Waals surface area contributed by atoms with Gasteiger partial charge in [0.25, 0.3) is 5.91 Å². The van der Waals surface area contributed by atoms with Gasteiger partial charge in [0.1, 0.15) is 5.75 Å². The summed E-state index contributed by atoms with van der Waals surface area (Å²) in [6.07, 6.45) is 3.34. The molecule has 0 saturated carbocycles. The van der Waals surface area contributed by atoms with E-state index in [-0.39, 0.29) is 5.91 Å². The Kier molecular flexibility index (Phi) is 3.52. The van der Waals surface area contributed by atoms with Crippen molar-refractivity contribution in [1.82, 2.24) is 0 Å². The number of rotatable bonds is 3. The van der Waals surface area contributed by atoms with Crippen LogP contribution in [0.25, 0.3) is 0 Å². The Bertz CT molecular complexity index is 695. The second kappa shape index (κ2) is 5.48. The molecule has 0 heterocycles. The minimum Gasteiger partial charge on any atom is -0.495 e. The molecule has 0 saturated heterocycles. The van der Waals surface area contributed by atoms with E-state index in [0.717, 1.165) is 12.8 Å².